The maximum atomic E-state index is 5.30. The molecule has 19 heavy (non-hydrogen) atoms. The van der Waals surface area contributed by atoms with Crippen molar-refractivity contribution in [3.8, 4) is 6.01 Å². The van der Waals surface area contributed by atoms with Crippen molar-refractivity contribution < 1.29 is 4.74 Å². The Morgan fingerprint density at radius 1 is 1.11 bits per heavy atom. The molecule has 0 unspecified atom stereocenters. The molecule has 7 heteroatoms. The van der Waals surface area contributed by atoms with Crippen molar-refractivity contribution in [2.45, 2.75) is 13.8 Å². The first-order valence-corrected chi connectivity index (χ1v) is 5.74. The molecule has 1 aromatic heterocycles. The molecule has 1 heterocycles. The highest BCUT2D eigenvalue weighted by molar-refractivity contribution is 5.60. The second-order valence-corrected chi connectivity index (χ2v) is 3.99. The first-order valence-electron chi connectivity index (χ1n) is 5.74. The molecule has 0 aliphatic heterocycles. The Balaban J connectivity index is 2.34. The van der Waals surface area contributed by atoms with E-state index in [1.807, 2.05) is 32.0 Å². The predicted molar refractivity (Wildman–Crippen MR) is 73.4 cm³/mol. The van der Waals surface area contributed by atoms with Crippen LogP contribution < -0.4 is 21.3 Å². The summed E-state index contributed by atoms with van der Waals surface area (Å²) in [5.74, 6) is 5.91. The third kappa shape index (κ3) is 2.89. The normalized spacial score (nSPS) is 10.1. The summed E-state index contributed by atoms with van der Waals surface area (Å²) in [6.45, 7) is 4.07. The molecule has 0 saturated heterocycles. The molecule has 0 saturated carbocycles. The van der Waals surface area contributed by atoms with Crippen LogP contribution in [0.3, 0.4) is 0 Å². The quantitative estimate of drug-likeness (QED) is 0.566. The summed E-state index contributed by atoms with van der Waals surface area (Å²) in [6, 6.07) is 6.15. The van der Waals surface area contributed by atoms with Crippen LogP contribution in [-0.4, -0.2) is 22.1 Å². The number of benzene rings is 1. The van der Waals surface area contributed by atoms with Gasteiger partial charge in [-0.15, -0.1) is 0 Å². The van der Waals surface area contributed by atoms with E-state index >= 15 is 0 Å². The Hall–Kier alpha value is -2.41. The summed E-state index contributed by atoms with van der Waals surface area (Å²) < 4.78 is 4.99. The Kier molecular flexibility index (Phi) is 3.76. The van der Waals surface area contributed by atoms with Crippen LogP contribution in [0.4, 0.5) is 17.6 Å². The molecule has 0 bridgehead atoms. The molecule has 100 valence electrons. The largest absolute Gasteiger partial charge is 0.467 e. The summed E-state index contributed by atoms with van der Waals surface area (Å²) in [6.07, 6.45) is 0. The zero-order valence-corrected chi connectivity index (χ0v) is 11.1. The first-order chi connectivity index (χ1) is 9.13. The minimum absolute atomic E-state index is 0.191. The van der Waals surface area contributed by atoms with Crippen molar-refractivity contribution in [3.63, 3.8) is 0 Å². The van der Waals surface area contributed by atoms with Crippen LogP contribution in [0.25, 0.3) is 0 Å². The van der Waals surface area contributed by atoms with Crippen molar-refractivity contribution in [1.82, 2.24) is 15.0 Å². The lowest BCUT2D eigenvalue weighted by Crippen LogP contribution is -2.13. The molecule has 0 amide bonds. The minimum atomic E-state index is 0.191. The van der Waals surface area contributed by atoms with E-state index < -0.39 is 0 Å². The lowest BCUT2D eigenvalue weighted by atomic mass is 10.1. The monoisotopic (exact) mass is 260 g/mol. The van der Waals surface area contributed by atoms with Crippen LogP contribution in [0.5, 0.6) is 6.01 Å². The number of nitrogens with two attached hydrogens (primary N) is 1. The summed E-state index contributed by atoms with van der Waals surface area (Å²) >= 11 is 0. The minimum Gasteiger partial charge on any atom is -0.467 e. The molecule has 7 nitrogen and oxygen atoms in total. The zero-order chi connectivity index (χ0) is 13.8. The van der Waals surface area contributed by atoms with Crippen LogP contribution in [-0.2, 0) is 0 Å². The zero-order valence-electron chi connectivity index (χ0n) is 11.1. The third-order valence-corrected chi connectivity index (χ3v) is 2.78. The summed E-state index contributed by atoms with van der Waals surface area (Å²) in [5.41, 5.74) is 5.61. The highest BCUT2D eigenvalue weighted by atomic mass is 16.5. The summed E-state index contributed by atoms with van der Waals surface area (Å²) in [4.78, 5) is 12.2. The number of methoxy groups -OCH3 is 1. The van der Waals surface area contributed by atoms with Crippen molar-refractivity contribution in [1.29, 1.82) is 0 Å². The van der Waals surface area contributed by atoms with Gasteiger partial charge in [0.2, 0.25) is 11.9 Å². The van der Waals surface area contributed by atoms with Gasteiger partial charge in [0.1, 0.15) is 0 Å². The van der Waals surface area contributed by atoms with Crippen LogP contribution in [0.1, 0.15) is 11.1 Å². The van der Waals surface area contributed by atoms with Gasteiger partial charge in [0.05, 0.1) is 7.11 Å². The molecular formula is C12H16N6O. The first kappa shape index (κ1) is 13.0. The lowest BCUT2D eigenvalue weighted by molar-refractivity contribution is 0.379. The van der Waals surface area contributed by atoms with E-state index in [-0.39, 0.29) is 12.0 Å². The van der Waals surface area contributed by atoms with Gasteiger partial charge in [-0.25, -0.2) is 5.84 Å². The fourth-order valence-corrected chi connectivity index (χ4v) is 1.58. The van der Waals surface area contributed by atoms with E-state index in [9.17, 15) is 0 Å². The maximum Gasteiger partial charge on any atom is 0.322 e. The second-order valence-electron chi connectivity index (χ2n) is 3.99. The number of rotatable bonds is 4. The Morgan fingerprint density at radius 2 is 1.84 bits per heavy atom. The van der Waals surface area contributed by atoms with Gasteiger partial charge < -0.3 is 10.1 Å². The van der Waals surface area contributed by atoms with Gasteiger partial charge >= 0.3 is 6.01 Å². The van der Waals surface area contributed by atoms with Crippen LogP contribution in [0.15, 0.2) is 18.2 Å². The third-order valence-electron chi connectivity index (χ3n) is 2.78. The Labute approximate surface area is 111 Å². The fraction of sp³-hybridized carbons (Fsp3) is 0.250. The van der Waals surface area contributed by atoms with Gasteiger partial charge in [0, 0.05) is 5.69 Å². The maximum absolute atomic E-state index is 5.30. The molecule has 0 aliphatic carbocycles. The number of nitrogen functional groups attached to an aromatic ring is 1. The van der Waals surface area contributed by atoms with Crippen LogP contribution in [0.2, 0.25) is 0 Å². The summed E-state index contributed by atoms with van der Waals surface area (Å²) in [5, 5.41) is 3.12. The lowest BCUT2D eigenvalue weighted by Gasteiger charge is -2.11. The van der Waals surface area contributed by atoms with Crippen molar-refractivity contribution in [2.75, 3.05) is 17.9 Å². The molecule has 1 aromatic carbocycles. The molecule has 0 spiro atoms. The topological polar surface area (TPSA) is 98.0 Å². The molecule has 2 aromatic rings. The Bertz CT molecular complexity index is 564. The number of aryl methyl sites for hydroxylation is 1. The highest BCUT2D eigenvalue weighted by Gasteiger charge is 2.08. The number of nitrogens with zero attached hydrogens (tertiary/aromatic N) is 3. The molecule has 0 fully saturated rings. The Morgan fingerprint density at radius 3 is 2.53 bits per heavy atom. The molecule has 0 radical (unpaired) electrons. The number of anilines is 3. The SMILES string of the molecule is COc1nc(NN)nc(Nc2cccc(C)c2C)n1. The molecule has 4 N–H and O–H groups in total. The standard InChI is InChI=1S/C12H16N6O/c1-7-5-4-6-9(8(7)2)14-10-15-11(18-13)17-12(16-10)19-3/h4-6H,13H2,1-3H3,(H2,14,15,16,17,18). The number of aromatic nitrogens is 3. The predicted octanol–water partition coefficient (Wildman–Crippen LogP) is 1.53. The van der Waals surface area contributed by atoms with Crippen molar-refractivity contribution >= 4 is 17.6 Å². The number of hydrazine groups is 1. The van der Waals surface area contributed by atoms with Gasteiger partial charge in [0.25, 0.3) is 0 Å². The van der Waals surface area contributed by atoms with Gasteiger partial charge in [-0.3, -0.25) is 5.43 Å². The number of ether oxygens (including phenoxy) is 1. The van der Waals surface area contributed by atoms with Crippen molar-refractivity contribution in [3.05, 3.63) is 29.3 Å². The fourth-order valence-electron chi connectivity index (χ4n) is 1.58. The molecule has 0 aliphatic rings. The number of hydrogen-bond donors (Lipinski definition) is 3. The van der Waals surface area contributed by atoms with Gasteiger partial charge in [0.15, 0.2) is 0 Å². The van der Waals surface area contributed by atoms with E-state index in [1.165, 1.54) is 12.7 Å². The van der Waals surface area contributed by atoms with E-state index in [0.29, 0.717) is 5.95 Å². The number of hydrogen-bond acceptors (Lipinski definition) is 7. The van der Waals surface area contributed by atoms with Gasteiger partial charge in [-0.05, 0) is 31.0 Å². The number of nitrogens with one attached hydrogen (secondary N) is 2. The van der Waals surface area contributed by atoms with Gasteiger partial charge in [-0.2, -0.15) is 15.0 Å². The average Bonchev–Trinajstić information content (AvgIpc) is 2.43. The second kappa shape index (κ2) is 5.49. The van der Waals surface area contributed by atoms with E-state index in [1.54, 1.807) is 0 Å². The summed E-state index contributed by atoms with van der Waals surface area (Å²) in [7, 11) is 1.48. The van der Waals surface area contributed by atoms with Crippen LogP contribution in [0, 0.1) is 13.8 Å². The molecule has 0 atom stereocenters. The average molecular weight is 260 g/mol. The van der Waals surface area contributed by atoms with Crippen molar-refractivity contribution in [2.24, 2.45) is 5.84 Å². The molecular weight excluding hydrogens is 244 g/mol. The van der Waals surface area contributed by atoms with Gasteiger partial charge in [-0.1, -0.05) is 12.1 Å². The highest BCUT2D eigenvalue weighted by Crippen LogP contribution is 2.22. The van der Waals surface area contributed by atoms with E-state index in [2.05, 4.69) is 25.7 Å². The molecule has 2 rings (SSSR count). The smallest absolute Gasteiger partial charge is 0.322 e. The van der Waals surface area contributed by atoms with E-state index in [0.717, 1.165) is 11.3 Å². The van der Waals surface area contributed by atoms with Crippen LogP contribution >= 0.6 is 0 Å². The van der Waals surface area contributed by atoms with E-state index in [4.69, 9.17) is 10.6 Å².